The van der Waals surface area contributed by atoms with Crippen LogP contribution in [-0.2, 0) is 10.7 Å². The summed E-state index contributed by atoms with van der Waals surface area (Å²) in [4.78, 5) is 10.7. The molecule has 0 radical (unpaired) electrons. The van der Waals surface area contributed by atoms with Gasteiger partial charge in [0.05, 0.1) is 11.3 Å². The lowest BCUT2D eigenvalue weighted by atomic mass is 9.93. The van der Waals surface area contributed by atoms with Crippen LogP contribution in [0.25, 0.3) is 0 Å². The van der Waals surface area contributed by atoms with Gasteiger partial charge in [-0.1, -0.05) is 60.7 Å². The summed E-state index contributed by atoms with van der Waals surface area (Å²) in [5, 5.41) is 1.98. The molecule has 0 N–H and O–H groups in total. The van der Waals surface area contributed by atoms with Crippen LogP contribution in [0.4, 0.5) is 0 Å². The van der Waals surface area contributed by atoms with Crippen LogP contribution < -0.4 is 0 Å². The Kier molecular flexibility index (Phi) is 2.23. The Balaban J connectivity index is 1.83. The molecule has 2 unspecified atom stereocenters. The molecule has 100 valence electrons. The number of fused-ring (bicyclic) bond motifs is 1. The molecule has 0 aliphatic carbocycles. The number of hydrogen-bond donors (Lipinski definition) is 0. The fraction of sp³-hybridized carbons (Fsp3) is 0.235. The maximum Gasteiger partial charge on any atom is 0.286 e. The summed E-state index contributed by atoms with van der Waals surface area (Å²) >= 11 is 0. The second kappa shape index (κ2) is 3.78. The molecular formula is C17H16N2O. The average molecular weight is 264 g/mol. The van der Waals surface area contributed by atoms with E-state index in [4.69, 9.17) is 9.83 Å². The van der Waals surface area contributed by atoms with Gasteiger partial charge in [-0.25, -0.2) is 9.83 Å². The number of rotatable bonds is 2. The van der Waals surface area contributed by atoms with E-state index in [1.165, 1.54) is 0 Å². The van der Waals surface area contributed by atoms with E-state index in [2.05, 4.69) is 38.1 Å². The highest BCUT2D eigenvalue weighted by Crippen LogP contribution is 2.56. The predicted molar refractivity (Wildman–Crippen MR) is 78.1 cm³/mol. The lowest BCUT2D eigenvalue weighted by Crippen LogP contribution is -2.37. The van der Waals surface area contributed by atoms with Crippen LogP contribution in [0.5, 0.6) is 0 Å². The van der Waals surface area contributed by atoms with Crippen molar-refractivity contribution in [3.05, 3.63) is 71.8 Å². The molecule has 4 rings (SSSR count). The van der Waals surface area contributed by atoms with Gasteiger partial charge in [0.25, 0.3) is 5.85 Å². The van der Waals surface area contributed by atoms with E-state index in [0.717, 1.165) is 16.8 Å². The van der Waals surface area contributed by atoms with Crippen LogP contribution in [0.2, 0.25) is 0 Å². The van der Waals surface area contributed by atoms with Crippen molar-refractivity contribution in [2.45, 2.75) is 25.2 Å². The third kappa shape index (κ3) is 1.45. The molecule has 3 heteroatoms. The molecular weight excluding hydrogens is 248 g/mol. The van der Waals surface area contributed by atoms with Crippen molar-refractivity contribution >= 4 is 5.71 Å². The second-order valence-corrected chi connectivity index (χ2v) is 5.75. The number of aliphatic imine (C=N–C) groups is 1. The van der Waals surface area contributed by atoms with E-state index >= 15 is 0 Å². The van der Waals surface area contributed by atoms with Gasteiger partial charge in [0.1, 0.15) is 0 Å². The molecule has 2 aromatic rings. The van der Waals surface area contributed by atoms with Crippen LogP contribution in [0.1, 0.15) is 25.0 Å². The number of hydrogen-bond acceptors (Lipinski definition) is 3. The monoisotopic (exact) mass is 264 g/mol. The van der Waals surface area contributed by atoms with Gasteiger partial charge < -0.3 is 0 Å². The third-order valence-corrected chi connectivity index (χ3v) is 4.01. The fourth-order valence-corrected chi connectivity index (χ4v) is 2.95. The van der Waals surface area contributed by atoms with Crippen molar-refractivity contribution in [1.29, 1.82) is 0 Å². The summed E-state index contributed by atoms with van der Waals surface area (Å²) in [5.74, 6) is -0.615. The highest BCUT2D eigenvalue weighted by atomic mass is 16.9. The van der Waals surface area contributed by atoms with Crippen molar-refractivity contribution in [2.24, 2.45) is 4.99 Å². The van der Waals surface area contributed by atoms with E-state index in [0.29, 0.717) is 0 Å². The first-order valence-corrected chi connectivity index (χ1v) is 6.85. The summed E-state index contributed by atoms with van der Waals surface area (Å²) in [6.45, 7) is 4.30. The Bertz CT molecular complexity index is 679. The minimum absolute atomic E-state index is 0.225. The fourth-order valence-electron chi connectivity index (χ4n) is 2.95. The molecule has 0 aromatic heterocycles. The van der Waals surface area contributed by atoms with E-state index in [1.807, 2.05) is 41.5 Å². The van der Waals surface area contributed by atoms with E-state index in [1.54, 1.807) is 0 Å². The SMILES string of the molecule is CC1(C)C(c2ccccc2)=NC2(c3ccccc3)ON12. The van der Waals surface area contributed by atoms with Gasteiger partial charge in [0.15, 0.2) is 0 Å². The van der Waals surface area contributed by atoms with Crippen LogP contribution >= 0.6 is 0 Å². The Morgan fingerprint density at radius 3 is 2.15 bits per heavy atom. The first-order chi connectivity index (χ1) is 9.64. The molecule has 20 heavy (non-hydrogen) atoms. The summed E-state index contributed by atoms with van der Waals surface area (Å²) < 4.78 is 0. The average Bonchev–Trinajstić information content (AvgIpc) is 3.18. The van der Waals surface area contributed by atoms with Gasteiger partial charge in [-0.3, -0.25) is 0 Å². The molecule has 0 amide bonds. The van der Waals surface area contributed by atoms with Crippen molar-refractivity contribution in [3.63, 3.8) is 0 Å². The molecule has 1 saturated heterocycles. The Labute approximate surface area is 118 Å². The zero-order chi connectivity index (χ0) is 13.8. The molecule has 0 spiro atoms. The summed E-state index contributed by atoms with van der Waals surface area (Å²) in [5.41, 5.74) is 3.09. The van der Waals surface area contributed by atoms with E-state index in [-0.39, 0.29) is 5.54 Å². The molecule has 2 aliphatic rings. The van der Waals surface area contributed by atoms with Crippen molar-refractivity contribution in [3.8, 4) is 0 Å². The molecule has 3 nitrogen and oxygen atoms in total. The van der Waals surface area contributed by atoms with E-state index in [9.17, 15) is 0 Å². The smallest absolute Gasteiger partial charge is 0.240 e. The van der Waals surface area contributed by atoms with Crippen molar-refractivity contribution in [2.75, 3.05) is 0 Å². The standard InChI is InChI=1S/C17H16N2O/c1-16(2)15(13-9-5-3-6-10-13)18-17(19(16)20-17)14-11-7-4-8-12-14/h3-12H,1-2H3. The maximum absolute atomic E-state index is 5.84. The summed E-state index contributed by atoms with van der Waals surface area (Å²) in [6.07, 6.45) is 0. The largest absolute Gasteiger partial charge is 0.286 e. The molecule has 2 aliphatic heterocycles. The normalized spacial score (nSPS) is 29.7. The second-order valence-electron chi connectivity index (χ2n) is 5.75. The van der Waals surface area contributed by atoms with E-state index < -0.39 is 5.85 Å². The number of hydroxylamine groups is 2. The zero-order valence-electron chi connectivity index (χ0n) is 11.6. The number of benzene rings is 2. The lowest BCUT2D eigenvalue weighted by Gasteiger charge is -2.21. The molecule has 0 bridgehead atoms. The van der Waals surface area contributed by atoms with Gasteiger partial charge in [-0.15, -0.1) is 5.06 Å². The quantitative estimate of drug-likeness (QED) is 0.778. The van der Waals surface area contributed by atoms with Gasteiger partial charge in [0, 0.05) is 5.56 Å². The Morgan fingerprint density at radius 1 is 0.900 bits per heavy atom. The topological polar surface area (TPSA) is 27.9 Å². The van der Waals surface area contributed by atoms with Crippen LogP contribution in [0, 0.1) is 0 Å². The van der Waals surface area contributed by atoms with Gasteiger partial charge in [-0.05, 0) is 19.4 Å². The molecule has 0 saturated carbocycles. The summed E-state index contributed by atoms with van der Waals surface area (Å²) in [7, 11) is 0. The Hall–Kier alpha value is -1.97. The third-order valence-electron chi connectivity index (χ3n) is 4.01. The molecule has 2 aromatic carbocycles. The van der Waals surface area contributed by atoms with Gasteiger partial charge in [0.2, 0.25) is 0 Å². The van der Waals surface area contributed by atoms with Crippen molar-refractivity contribution < 1.29 is 4.84 Å². The lowest BCUT2D eigenvalue weighted by molar-refractivity contribution is 0.128. The zero-order valence-corrected chi connectivity index (χ0v) is 11.6. The van der Waals surface area contributed by atoms with Gasteiger partial charge >= 0.3 is 0 Å². The predicted octanol–water partition coefficient (Wildman–Crippen LogP) is 3.33. The minimum atomic E-state index is -0.615. The van der Waals surface area contributed by atoms with Crippen LogP contribution in [0.3, 0.4) is 0 Å². The highest BCUT2D eigenvalue weighted by Gasteiger charge is 2.69. The molecule has 2 atom stereocenters. The highest BCUT2D eigenvalue weighted by molar-refractivity contribution is 6.08. The molecule has 2 heterocycles. The first-order valence-electron chi connectivity index (χ1n) is 6.85. The van der Waals surface area contributed by atoms with Crippen molar-refractivity contribution in [1.82, 2.24) is 5.06 Å². The first kappa shape index (κ1) is 11.8. The Morgan fingerprint density at radius 2 is 1.50 bits per heavy atom. The van der Waals surface area contributed by atoms with Crippen LogP contribution in [0.15, 0.2) is 65.7 Å². The minimum Gasteiger partial charge on any atom is -0.240 e. The maximum atomic E-state index is 5.84. The van der Waals surface area contributed by atoms with Crippen LogP contribution in [-0.4, -0.2) is 16.3 Å². The summed E-state index contributed by atoms with van der Waals surface area (Å²) in [6, 6.07) is 20.5. The molecule has 1 fully saturated rings. The number of nitrogens with zero attached hydrogens (tertiary/aromatic N) is 2. The van der Waals surface area contributed by atoms with Gasteiger partial charge in [-0.2, -0.15) is 0 Å².